The molecule has 0 saturated heterocycles. The number of para-hydroxylation sites is 2. The number of furan rings is 2. The van der Waals surface area contributed by atoms with E-state index in [0.717, 1.165) is 77.5 Å². The lowest BCUT2D eigenvalue weighted by molar-refractivity contribution is 0.668. The van der Waals surface area contributed by atoms with Gasteiger partial charge in [0.15, 0.2) is 11.6 Å². The van der Waals surface area contributed by atoms with Crippen LogP contribution in [0.1, 0.15) is 0 Å². The molecule has 58 heavy (non-hydrogen) atoms. The van der Waals surface area contributed by atoms with Gasteiger partial charge >= 0.3 is 0 Å². The van der Waals surface area contributed by atoms with Crippen LogP contribution < -0.4 is 4.90 Å². The first-order valence-electron chi connectivity index (χ1n) is 19.2. The van der Waals surface area contributed by atoms with Crippen molar-refractivity contribution in [2.75, 3.05) is 4.90 Å². The fourth-order valence-electron chi connectivity index (χ4n) is 8.19. The molecule has 0 fully saturated rings. The molecule has 0 N–H and O–H groups in total. The first-order chi connectivity index (χ1) is 28.7. The molecule has 0 atom stereocenters. The van der Waals surface area contributed by atoms with E-state index in [9.17, 15) is 0 Å². The van der Waals surface area contributed by atoms with Crippen LogP contribution in [0.25, 0.3) is 98.0 Å². The van der Waals surface area contributed by atoms with Crippen molar-refractivity contribution in [3.63, 3.8) is 0 Å². The van der Waals surface area contributed by atoms with E-state index in [1.165, 1.54) is 20.2 Å². The highest BCUT2D eigenvalue weighted by Crippen LogP contribution is 2.45. The molecule has 0 spiro atoms. The van der Waals surface area contributed by atoms with Gasteiger partial charge in [-0.25, -0.2) is 4.98 Å². The number of anilines is 3. The van der Waals surface area contributed by atoms with Crippen LogP contribution in [0.15, 0.2) is 191 Å². The summed E-state index contributed by atoms with van der Waals surface area (Å²) in [7, 11) is 0. The van der Waals surface area contributed by atoms with E-state index >= 15 is 0 Å². The van der Waals surface area contributed by atoms with Gasteiger partial charge < -0.3 is 8.83 Å². The molecule has 0 saturated carbocycles. The Morgan fingerprint density at radius 3 is 1.81 bits per heavy atom. The molecule has 0 aliphatic heterocycles. The number of fused-ring (bicyclic) bond motifs is 9. The van der Waals surface area contributed by atoms with E-state index in [4.69, 9.17) is 23.8 Å². The highest BCUT2D eigenvalue weighted by molar-refractivity contribution is 7.25. The highest BCUT2D eigenvalue weighted by Gasteiger charge is 2.24. The lowest BCUT2D eigenvalue weighted by atomic mass is 10.0. The number of hydrogen-bond donors (Lipinski definition) is 0. The molecule has 7 heteroatoms. The van der Waals surface area contributed by atoms with E-state index < -0.39 is 0 Å². The van der Waals surface area contributed by atoms with Gasteiger partial charge in [-0.15, -0.1) is 11.3 Å². The molecule has 8 aromatic carbocycles. The average Bonchev–Trinajstić information content (AvgIpc) is 3.98. The van der Waals surface area contributed by atoms with Crippen molar-refractivity contribution in [1.82, 2.24) is 15.0 Å². The Morgan fingerprint density at radius 1 is 0.379 bits per heavy atom. The zero-order valence-corrected chi connectivity index (χ0v) is 31.7. The molecular formula is C51H30N4O2S. The van der Waals surface area contributed by atoms with E-state index in [1.807, 2.05) is 60.7 Å². The van der Waals surface area contributed by atoms with Crippen LogP contribution in [-0.2, 0) is 0 Å². The van der Waals surface area contributed by atoms with E-state index in [1.54, 1.807) is 11.3 Å². The second-order valence-electron chi connectivity index (χ2n) is 14.4. The minimum absolute atomic E-state index is 0.482. The van der Waals surface area contributed by atoms with E-state index in [-0.39, 0.29) is 0 Å². The van der Waals surface area contributed by atoms with Gasteiger partial charge in [0, 0.05) is 47.5 Å². The second kappa shape index (κ2) is 13.0. The van der Waals surface area contributed by atoms with Crippen LogP contribution in [0, 0.1) is 0 Å². The van der Waals surface area contributed by atoms with Gasteiger partial charge in [0.05, 0.1) is 16.8 Å². The summed E-state index contributed by atoms with van der Waals surface area (Å²) in [4.78, 5) is 18.0. The minimum Gasteiger partial charge on any atom is -0.456 e. The summed E-state index contributed by atoms with van der Waals surface area (Å²) in [5.74, 6) is 1.57. The summed E-state index contributed by atoms with van der Waals surface area (Å²) < 4.78 is 15.2. The fraction of sp³-hybridized carbons (Fsp3) is 0. The number of rotatable bonds is 6. The first-order valence-corrected chi connectivity index (χ1v) is 20.0. The Balaban J connectivity index is 1.12. The smallest absolute Gasteiger partial charge is 0.238 e. The molecular weight excluding hydrogens is 733 g/mol. The summed E-state index contributed by atoms with van der Waals surface area (Å²) in [5.41, 5.74) is 9.01. The molecule has 6 nitrogen and oxygen atoms in total. The Labute approximate surface area is 335 Å². The molecule has 272 valence electrons. The number of thiophene rings is 1. The molecule has 0 aliphatic carbocycles. The molecule has 0 unspecified atom stereocenters. The van der Waals surface area contributed by atoms with Crippen molar-refractivity contribution in [1.29, 1.82) is 0 Å². The maximum absolute atomic E-state index is 6.44. The lowest BCUT2D eigenvalue weighted by Crippen LogP contribution is -2.15. The maximum Gasteiger partial charge on any atom is 0.238 e. The standard InChI is InChI=1S/C51H30N4O2S/c1-2-11-31(12-3-1)32-21-23-33(24-22-32)49-52-50(34-25-27-37-36-13-4-7-17-42(36)57-45(37)29-34)54-51(53-49)55(35-26-28-39-38-14-6-9-20-46(38)58-47(39)30-35)41-16-10-19-44-48(41)40-15-5-8-18-43(40)56-44/h1-30H. The van der Waals surface area contributed by atoms with Gasteiger partial charge in [-0.05, 0) is 65.7 Å². The Bertz CT molecular complexity index is 3530. The third-order valence-corrected chi connectivity index (χ3v) is 12.1. The number of aromatic nitrogens is 3. The number of nitrogens with zero attached hydrogens (tertiary/aromatic N) is 4. The zero-order valence-electron chi connectivity index (χ0n) is 30.8. The molecule has 0 radical (unpaired) electrons. The summed E-state index contributed by atoms with van der Waals surface area (Å²) in [6, 6.07) is 62.7. The second-order valence-corrected chi connectivity index (χ2v) is 15.5. The summed E-state index contributed by atoms with van der Waals surface area (Å²) >= 11 is 1.78. The molecule has 0 amide bonds. The normalized spacial score (nSPS) is 11.8. The Hall–Kier alpha value is -7.61. The summed E-state index contributed by atoms with van der Waals surface area (Å²) in [6.45, 7) is 0. The van der Waals surface area contributed by atoms with Crippen molar-refractivity contribution in [2.45, 2.75) is 0 Å². The molecule has 4 aromatic heterocycles. The monoisotopic (exact) mass is 762 g/mol. The van der Waals surface area contributed by atoms with E-state index in [2.05, 4.69) is 126 Å². The third-order valence-electron chi connectivity index (χ3n) is 11.0. The van der Waals surface area contributed by atoms with Crippen molar-refractivity contribution in [3.8, 4) is 33.9 Å². The Morgan fingerprint density at radius 2 is 0.966 bits per heavy atom. The van der Waals surface area contributed by atoms with Gasteiger partial charge in [0.2, 0.25) is 5.95 Å². The quantitative estimate of drug-likeness (QED) is 0.168. The average molecular weight is 763 g/mol. The molecule has 4 heterocycles. The van der Waals surface area contributed by atoms with Crippen molar-refractivity contribution < 1.29 is 8.83 Å². The summed E-state index contributed by atoms with van der Waals surface area (Å²) in [5, 5.41) is 6.57. The third kappa shape index (κ3) is 5.29. The maximum atomic E-state index is 6.44. The SMILES string of the molecule is c1ccc(-c2ccc(-c3nc(-c4ccc5c(c4)oc4ccccc45)nc(N(c4ccc5c(c4)sc4ccccc45)c4cccc5oc6ccccc6c45)n3)cc2)cc1. The fourth-order valence-corrected chi connectivity index (χ4v) is 9.33. The predicted octanol–water partition coefficient (Wildman–Crippen LogP) is 14.5. The van der Waals surface area contributed by atoms with Gasteiger partial charge in [-0.1, -0.05) is 127 Å². The van der Waals surface area contributed by atoms with Crippen LogP contribution in [-0.4, -0.2) is 15.0 Å². The zero-order chi connectivity index (χ0) is 38.2. The van der Waals surface area contributed by atoms with Gasteiger partial charge in [-0.2, -0.15) is 9.97 Å². The minimum atomic E-state index is 0.482. The van der Waals surface area contributed by atoms with Gasteiger partial charge in [-0.3, -0.25) is 4.90 Å². The molecule has 12 rings (SSSR count). The summed E-state index contributed by atoms with van der Waals surface area (Å²) in [6.07, 6.45) is 0. The van der Waals surface area contributed by atoms with Crippen molar-refractivity contribution in [3.05, 3.63) is 182 Å². The molecule has 0 aliphatic rings. The van der Waals surface area contributed by atoms with Gasteiger partial charge in [0.1, 0.15) is 22.3 Å². The van der Waals surface area contributed by atoms with Crippen LogP contribution in [0.4, 0.5) is 17.3 Å². The predicted molar refractivity (Wildman–Crippen MR) is 238 cm³/mol. The topological polar surface area (TPSA) is 68.2 Å². The van der Waals surface area contributed by atoms with Crippen LogP contribution in [0.2, 0.25) is 0 Å². The molecule has 12 aromatic rings. The Kier molecular flexibility index (Phi) is 7.30. The largest absolute Gasteiger partial charge is 0.456 e. The van der Waals surface area contributed by atoms with Gasteiger partial charge in [0.25, 0.3) is 0 Å². The van der Waals surface area contributed by atoms with Crippen LogP contribution in [0.5, 0.6) is 0 Å². The van der Waals surface area contributed by atoms with Crippen LogP contribution in [0.3, 0.4) is 0 Å². The van der Waals surface area contributed by atoms with Crippen molar-refractivity contribution in [2.24, 2.45) is 0 Å². The number of benzene rings is 8. The lowest BCUT2D eigenvalue weighted by Gasteiger charge is -2.25. The van der Waals surface area contributed by atoms with Crippen LogP contribution >= 0.6 is 11.3 Å². The first kappa shape index (κ1) is 32.6. The number of hydrogen-bond acceptors (Lipinski definition) is 7. The van der Waals surface area contributed by atoms with Crippen molar-refractivity contribution >= 4 is 92.7 Å². The van der Waals surface area contributed by atoms with E-state index in [0.29, 0.717) is 17.6 Å². The highest BCUT2D eigenvalue weighted by atomic mass is 32.1. The molecule has 0 bridgehead atoms.